The average molecular weight is 455 g/mol. The lowest BCUT2D eigenvalue weighted by molar-refractivity contribution is -0.122. The summed E-state index contributed by atoms with van der Waals surface area (Å²) in [5.74, 6) is 0.226. The summed E-state index contributed by atoms with van der Waals surface area (Å²) in [6, 6.07) is 9.08. The Morgan fingerprint density at radius 3 is 2.66 bits per heavy atom. The standard InChI is InChI=1S/C23H26N4O4S/c1-23(2,3)31-22(29)27-13-8-11-16(27)20(28)26(4)21-17(15-9-6-5-7-10-15)25-19(32-21)18-24-12-14-30-18/h5-7,9-10,12,14,16H,8,11,13H2,1-4H3/t16-/m0/s1. The van der Waals surface area contributed by atoms with Crippen LogP contribution in [0.1, 0.15) is 33.6 Å². The molecule has 0 spiro atoms. The number of nitrogens with zero attached hydrogens (tertiary/aromatic N) is 4. The van der Waals surface area contributed by atoms with Crippen molar-refractivity contribution in [1.29, 1.82) is 0 Å². The summed E-state index contributed by atoms with van der Waals surface area (Å²) in [4.78, 5) is 38.2. The third-order valence-electron chi connectivity index (χ3n) is 5.07. The van der Waals surface area contributed by atoms with Crippen molar-refractivity contribution in [1.82, 2.24) is 14.9 Å². The van der Waals surface area contributed by atoms with Crippen LogP contribution < -0.4 is 4.90 Å². The molecule has 0 N–H and O–H groups in total. The van der Waals surface area contributed by atoms with Crippen LogP contribution >= 0.6 is 11.3 Å². The highest BCUT2D eigenvalue weighted by molar-refractivity contribution is 7.19. The van der Waals surface area contributed by atoms with E-state index in [0.29, 0.717) is 34.6 Å². The van der Waals surface area contributed by atoms with E-state index >= 15 is 0 Å². The Morgan fingerprint density at radius 2 is 2.00 bits per heavy atom. The number of hydrogen-bond acceptors (Lipinski definition) is 7. The van der Waals surface area contributed by atoms with Gasteiger partial charge in [-0.1, -0.05) is 41.7 Å². The summed E-state index contributed by atoms with van der Waals surface area (Å²) in [6.07, 6.45) is 3.93. The van der Waals surface area contributed by atoms with Crippen molar-refractivity contribution in [2.75, 3.05) is 18.5 Å². The van der Waals surface area contributed by atoms with Crippen LogP contribution in [0.5, 0.6) is 0 Å². The van der Waals surface area contributed by atoms with E-state index in [0.717, 1.165) is 12.0 Å². The van der Waals surface area contributed by atoms with Crippen LogP contribution in [0.3, 0.4) is 0 Å². The number of likely N-dealkylation sites (tertiary alicyclic amines) is 1. The fourth-order valence-corrected chi connectivity index (χ4v) is 4.63. The van der Waals surface area contributed by atoms with E-state index in [-0.39, 0.29) is 5.91 Å². The molecule has 2 aromatic heterocycles. The van der Waals surface area contributed by atoms with Crippen molar-refractivity contribution in [3.63, 3.8) is 0 Å². The Kier molecular flexibility index (Phi) is 6.01. The molecule has 3 heterocycles. The lowest BCUT2D eigenvalue weighted by Crippen LogP contribution is -2.48. The number of rotatable bonds is 4. The quantitative estimate of drug-likeness (QED) is 0.561. The van der Waals surface area contributed by atoms with Crippen molar-refractivity contribution < 1.29 is 18.7 Å². The number of hydrogen-bond donors (Lipinski definition) is 0. The first kappa shape index (κ1) is 22.0. The lowest BCUT2D eigenvalue weighted by Gasteiger charge is -2.30. The number of benzene rings is 1. The Bertz CT molecular complexity index is 1090. The topological polar surface area (TPSA) is 88.8 Å². The number of thiazole rings is 1. The molecule has 1 fully saturated rings. The zero-order valence-corrected chi connectivity index (χ0v) is 19.4. The summed E-state index contributed by atoms with van der Waals surface area (Å²) in [6.45, 7) is 5.95. The van der Waals surface area contributed by atoms with Crippen LogP contribution in [-0.2, 0) is 9.53 Å². The molecule has 168 valence electrons. The summed E-state index contributed by atoms with van der Waals surface area (Å²) < 4.78 is 10.9. The number of ether oxygens (including phenoxy) is 1. The van der Waals surface area contributed by atoms with Gasteiger partial charge in [0.05, 0.1) is 6.20 Å². The summed E-state index contributed by atoms with van der Waals surface area (Å²) in [5, 5.41) is 1.25. The fraction of sp³-hybridized carbons (Fsp3) is 0.391. The van der Waals surface area contributed by atoms with Crippen LogP contribution in [0.25, 0.3) is 22.2 Å². The van der Waals surface area contributed by atoms with Crippen LogP contribution in [-0.4, -0.2) is 52.1 Å². The van der Waals surface area contributed by atoms with Gasteiger partial charge in [-0.15, -0.1) is 0 Å². The molecule has 1 aliphatic heterocycles. The number of anilines is 1. The van der Waals surface area contributed by atoms with E-state index in [1.54, 1.807) is 18.1 Å². The van der Waals surface area contributed by atoms with Gasteiger partial charge in [0.25, 0.3) is 5.89 Å². The SMILES string of the molecule is CN(C(=O)[C@@H]1CCCN1C(=O)OC(C)(C)C)c1sc(-c2ncco2)nc1-c1ccccc1. The van der Waals surface area contributed by atoms with Gasteiger partial charge in [0.2, 0.25) is 5.91 Å². The van der Waals surface area contributed by atoms with Crippen LogP contribution in [0.2, 0.25) is 0 Å². The monoisotopic (exact) mass is 454 g/mol. The fourth-order valence-electron chi connectivity index (χ4n) is 3.63. The zero-order chi connectivity index (χ0) is 22.9. The maximum atomic E-state index is 13.5. The van der Waals surface area contributed by atoms with E-state index in [4.69, 9.17) is 14.1 Å². The smallest absolute Gasteiger partial charge is 0.410 e. The zero-order valence-electron chi connectivity index (χ0n) is 18.6. The van der Waals surface area contributed by atoms with E-state index in [9.17, 15) is 9.59 Å². The largest absolute Gasteiger partial charge is 0.444 e. The highest BCUT2D eigenvalue weighted by Crippen LogP contribution is 2.40. The molecule has 0 saturated carbocycles. The number of amides is 2. The number of likely N-dealkylation sites (N-methyl/N-ethyl adjacent to an activating group) is 1. The molecule has 1 saturated heterocycles. The molecule has 32 heavy (non-hydrogen) atoms. The molecule has 1 aliphatic rings. The highest BCUT2D eigenvalue weighted by Gasteiger charge is 2.39. The Balaban J connectivity index is 1.65. The first-order valence-corrected chi connectivity index (χ1v) is 11.3. The summed E-state index contributed by atoms with van der Waals surface area (Å²) in [5.41, 5.74) is 0.926. The van der Waals surface area contributed by atoms with E-state index in [1.807, 2.05) is 51.1 Å². The predicted octanol–water partition coefficient (Wildman–Crippen LogP) is 4.83. The van der Waals surface area contributed by atoms with Gasteiger partial charge in [-0.25, -0.2) is 14.8 Å². The third-order valence-corrected chi connectivity index (χ3v) is 6.19. The van der Waals surface area contributed by atoms with Gasteiger partial charge < -0.3 is 14.1 Å². The number of aromatic nitrogens is 2. The van der Waals surface area contributed by atoms with Crippen LogP contribution in [0, 0.1) is 0 Å². The van der Waals surface area contributed by atoms with Gasteiger partial charge in [-0.3, -0.25) is 9.69 Å². The molecule has 0 aliphatic carbocycles. The maximum absolute atomic E-state index is 13.5. The first-order chi connectivity index (χ1) is 15.2. The van der Waals surface area contributed by atoms with Crippen molar-refractivity contribution in [3.05, 3.63) is 42.8 Å². The van der Waals surface area contributed by atoms with Crippen molar-refractivity contribution >= 4 is 28.3 Å². The number of oxazole rings is 1. The number of carbonyl (C=O) groups excluding carboxylic acids is 2. The molecule has 1 aromatic carbocycles. The third kappa shape index (κ3) is 4.52. The Hall–Kier alpha value is -3.20. The molecule has 9 heteroatoms. The average Bonchev–Trinajstić information content (AvgIpc) is 3.52. The summed E-state index contributed by atoms with van der Waals surface area (Å²) >= 11 is 1.33. The predicted molar refractivity (Wildman–Crippen MR) is 122 cm³/mol. The molecular weight excluding hydrogens is 428 g/mol. The molecule has 3 aromatic rings. The van der Waals surface area contributed by atoms with Gasteiger partial charge in [0.1, 0.15) is 28.6 Å². The summed E-state index contributed by atoms with van der Waals surface area (Å²) in [7, 11) is 1.72. The van der Waals surface area contributed by atoms with Crippen molar-refractivity contribution in [2.45, 2.75) is 45.3 Å². The van der Waals surface area contributed by atoms with Gasteiger partial charge in [0.15, 0.2) is 5.01 Å². The van der Waals surface area contributed by atoms with Gasteiger partial charge in [-0.05, 0) is 33.6 Å². The molecule has 0 unspecified atom stereocenters. The number of carbonyl (C=O) groups is 2. The maximum Gasteiger partial charge on any atom is 0.410 e. The van der Waals surface area contributed by atoms with Crippen molar-refractivity contribution in [3.8, 4) is 22.2 Å². The van der Waals surface area contributed by atoms with Crippen LogP contribution in [0.4, 0.5) is 9.80 Å². The molecule has 2 amide bonds. The molecular formula is C23H26N4O4S. The van der Waals surface area contributed by atoms with Crippen molar-refractivity contribution in [2.24, 2.45) is 0 Å². The highest BCUT2D eigenvalue weighted by atomic mass is 32.1. The first-order valence-electron chi connectivity index (χ1n) is 10.5. The van der Waals surface area contributed by atoms with Crippen LogP contribution in [0.15, 0.2) is 47.2 Å². The van der Waals surface area contributed by atoms with E-state index in [1.165, 1.54) is 22.5 Å². The second kappa shape index (κ2) is 8.74. The van der Waals surface area contributed by atoms with Gasteiger partial charge >= 0.3 is 6.09 Å². The lowest BCUT2D eigenvalue weighted by atomic mass is 10.1. The second-order valence-electron chi connectivity index (χ2n) is 8.61. The minimum absolute atomic E-state index is 0.173. The minimum atomic E-state index is -0.623. The van der Waals surface area contributed by atoms with Gasteiger partial charge in [-0.2, -0.15) is 0 Å². The molecule has 4 rings (SSSR count). The molecule has 0 bridgehead atoms. The molecule has 8 nitrogen and oxygen atoms in total. The second-order valence-corrected chi connectivity index (χ2v) is 9.58. The Morgan fingerprint density at radius 1 is 1.25 bits per heavy atom. The normalized spacial score (nSPS) is 16.2. The van der Waals surface area contributed by atoms with E-state index in [2.05, 4.69) is 4.98 Å². The van der Waals surface area contributed by atoms with E-state index < -0.39 is 17.7 Å². The Labute approximate surface area is 190 Å². The minimum Gasteiger partial charge on any atom is -0.444 e. The molecule has 1 atom stereocenters. The van der Waals surface area contributed by atoms with Gasteiger partial charge in [0, 0.05) is 19.2 Å². The molecule has 0 radical (unpaired) electrons.